The zero-order chi connectivity index (χ0) is 18.5. The highest BCUT2D eigenvalue weighted by molar-refractivity contribution is 5.83. The molecule has 0 radical (unpaired) electrons. The Kier molecular flexibility index (Phi) is 5.09. The fourth-order valence-electron chi connectivity index (χ4n) is 2.77. The third kappa shape index (κ3) is 3.47. The first kappa shape index (κ1) is 17.4. The summed E-state index contributed by atoms with van der Waals surface area (Å²) in [4.78, 5) is 4.48. The molecule has 0 saturated heterocycles. The van der Waals surface area contributed by atoms with Crippen LogP contribution in [-0.4, -0.2) is 28.3 Å². The second-order valence-electron chi connectivity index (χ2n) is 5.82. The highest BCUT2D eigenvalue weighted by atomic mass is 16.5. The Hall–Kier alpha value is -3.46. The van der Waals surface area contributed by atoms with Gasteiger partial charge in [-0.1, -0.05) is 12.1 Å². The van der Waals surface area contributed by atoms with Crippen LogP contribution >= 0.6 is 0 Å². The number of fused-ring (bicyclic) bond motifs is 1. The molecule has 0 saturated carbocycles. The molecule has 0 aliphatic carbocycles. The zero-order valence-corrected chi connectivity index (χ0v) is 14.7. The lowest BCUT2D eigenvalue weighted by atomic mass is 10.2. The predicted molar refractivity (Wildman–Crippen MR) is 102 cm³/mol. The molecule has 0 atom stereocenters. The Morgan fingerprint density at radius 1 is 1.23 bits per heavy atom. The molecule has 0 spiro atoms. The zero-order valence-electron chi connectivity index (χ0n) is 14.7. The van der Waals surface area contributed by atoms with Gasteiger partial charge in [0.25, 0.3) is 0 Å². The molecule has 0 unspecified atom stereocenters. The van der Waals surface area contributed by atoms with Gasteiger partial charge in [0.1, 0.15) is 23.2 Å². The summed E-state index contributed by atoms with van der Waals surface area (Å²) in [5.41, 5.74) is 2.82. The summed E-state index contributed by atoms with van der Waals surface area (Å²) in [7, 11) is 3.46. The van der Waals surface area contributed by atoms with E-state index in [1.165, 1.54) is 0 Å². The number of nitrogens with one attached hydrogen (secondary N) is 1. The number of nitrogens with zero attached hydrogens (tertiary/aromatic N) is 3. The van der Waals surface area contributed by atoms with Crippen molar-refractivity contribution >= 4 is 22.3 Å². The fraction of sp³-hybridized carbons (Fsp3) is 0.200. The van der Waals surface area contributed by atoms with E-state index in [1.54, 1.807) is 7.11 Å². The number of aryl methyl sites for hydroxylation is 1. The Labute approximate surface area is 152 Å². The van der Waals surface area contributed by atoms with Crippen LogP contribution in [-0.2, 0) is 7.05 Å². The van der Waals surface area contributed by atoms with Gasteiger partial charge in [0.2, 0.25) is 0 Å². The standard InChI is InChI=1S/C20H20N4O2/c1-24-18-6-4-3-5-17(18)23-20(24)16(13-21)19(25)11-12-22-14-7-9-15(26-2)10-8-14/h3-10,22,25H,11-12H2,1-2H3/b19-16-. The first-order chi connectivity index (χ1) is 12.6. The van der Waals surface area contributed by atoms with Crippen LogP contribution in [0.3, 0.4) is 0 Å². The highest BCUT2D eigenvalue weighted by Crippen LogP contribution is 2.23. The molecule has 2 aromatic carbocycles. The molecule has 3 rings (SSSR count). The maximum atomic E-state index is 10.4. The van der Waals surface area contributed by atoms with Crippen LogP contribution in [0.4, 0.5) is 5.69 Å². The third-order valence-corrected chi connectivity index (χ3v) is 4.19. The number of aliphatic hydroxyl groups excluding tert-OH is 1. The van der Waals surface area contributed by atoms with Crippen molar-refractivity contribution in [2.75, 3.05) is 19.0 Å². The van der Waals surface area contributed by atoms with E-state index in [0.29, 0.717) is 18.8 Å². The van der Waals surface area contributed by atoms with Gasteiger partial charge >= 0.3 is 0 Å². The van der Waals surface area contributed by atoms with E-state index in [2.05, 4.69) is 16.4 Å². The van der Waals surface area contributed by atoms with Gasteiger partial charge in [-0.3, -0.25) is 0 Å². The highest BCUT2D eigenvalue weighted by Gasteiger charge is 2.16. The molecule has 0 aliphatic rings. The van der Waals surface area contributed by atoms with Crippen LogP contribution in [0.25, 0.3) is 16.6 Å². The van der Waals surface area contributed by atoms with Crippen molar-refractivity contribution in [3.05, 3.63) is 60.1 Å². The molecule has 6 nitrogen and oxygen atoms in total. The molecule has 3 aromatic rings. The number of allylic oxidation sites excluding steroid dienone is 1. The molecular weight excluding hydrogens is 328 g/mol. The van der Waals surface area contributed by atoms with Gasteiger partial charge < -0.3 is 19.7 Å². The van der Waals surface area contributed by atoms with E-state index < -0.39 is 0 Å². The summed E-state index contributed by atoms with van der Waals surface area (Å²) in [5, 5.41) is 23.1. The molecule has 0 aliphatic heterocycles. The van der Waals surface area contributed by atoms with Crippen molar-refractivity contribution in [1.29, 1.82) is 5.26 Å². The van der Waals surface area contributed by atoms with Crippen LogP contribution in [0.15, 0.2) is 54.3 Å². The first-order valence-electron chi connectivity index (χ1n) is 8.26. The molecule has 0 amide bonds. The Morgan fingerprint density at radius 2 is 1.96 bits per heavy atom. The average molecular weight is 348 g/mol. The van der Waals surface area contributed by atoms with Crippen LogP contribution in [0.2, 0.25) is 0 Å². The topological polar surface area (TPSA) is 83.1 Å². The number of aliphatic hydroxyl groups is 1. The SMILES string of the molecule is COc1ccc(NCC/C(O)=C(\C#N)c2nc3ccccc3n2C)cc1. The summed E-state index contributed by atoms with van der Waals surface area (Å²) in [6.45, 7) is 0.493. The summed E-state index contributed by atoms with van der Waals surface area (Å²) in [6.07, 6.45) is 0.318. The largest absolute Gasteiger partial charge is 0.511 e. The number of nitriles is 1. The van der Waals surface area contributed by atoms with Crippen LogP contribution in [0.5, 0.6) is 5.75 Å². The number of hydrogen-bond donors (Lipinski definition) is 2. The molecule has 1 aromatic heterocycles. The van der Waals surface area contributed by atoms with E-state index >= 15 is 0 Å². The number of para-hydroxylation sites is 2. The molecule has 132 valence electrons. The maximum absolute atomic E-state index is 10.4. The number of rotatable bonds is 6. The van der Waals surface area contributed by atoms with Gasteiger partial charge in [-0.05, 0) is 36.4 Å². The van der Waals surface area contributed by atoms with Gasteiger partial charge in [0.15, 0.2) is 5.82 Å². The first-order valence-corrected chi connectivity index (χ1v) is 8.26. The minimum atomic E-state index is 0.0203. The predicted octanol–water partition coefficient (Wildman–Crippen LogP) is 3.88. The number of ether oxygens (including phenoxy) is 1. The Bertz CT molecular complexity index is 981. The third-order valence-electron chi connectivity index (χ3n) is 4.19. The number of benzene rings is 2. The number of imidazole rings is 1. The number of anilines is 1. The molecule has 2 N–H and O–H groups in total. The lowest BCUT2D eigenvalue weighted by molar-refractivity contribution is 0.395. The molecule has 6 heteroatoms. The van der Waals surface area contributed by atoms with Gasteiger partial charge in [-0.15, -0.1) is 0 Å². The summed E-state index contributed by atoms with van der Waals surface area (Å²) in [6, 6.07) is 17.2. The van der Waals surface area contributed by atoms with E-state index in [4.69, 9.17) is 4.74 Å². The monoisotopic (exact) mass is 348 g/mol. The normalized spacial score (nSPS) is 11.7. The summed E-state index contributed by atoms with van der Waals surface area (Å²) in [5.74, 6) is 1.27. The second kappa shape index (κ2) is 7.62. The van der Waals surface area contributed by atoms with Crippen molar-refractivity contribution < 1.29 is 9.84 Å². The maximum Gasteiger partial charge on any atom is 0.155 e. The second-order valence-corrected chi connectivity index (χ2v) is 5.82. The minimum Gasteiger partial charge on any atom is -0.511 e. The van der Waals surface area contributed by atoms with Crippen LogP contribution < -0.4 is 10.1 Å². The van der Waals surface area contributed by atoms with Crippen molar-refractivity contribution in [3.63, 3.8) is 0 Å². The minimum absolute atomic E-state index is 0.0203. The molecule has 0 bridgehead atoms. The lowest BCUT2D eigenvalue weighted by Crippen LogP contribution is -2.05. The van der Waals surface area contributed by atoms with Gasteiger partial charge in [-0.25, -0.2) is 4.98 Å². The molecule has 26 heavy (non-hydrogen) atoms. The van der Waals surface area contributed by atoms with E-state index in [9.17, 15) is 10.4 Å². The van der Waals surface area contributed by atoms with Crippen molar-refractivity contribution in [3.8, 4) is 11.8 Å². The average Bonchev–Trinajstić information content (AvgIpc) is 3.00. The smallest absolute Gasteiger partial charge is 0.155 e. The molecule has 0 fully saturated rings. The number of aromatic nitrogens is 2. The van der Waals surface area contributed by atoms with Crippen molar-refractivity contribution in [1.82, 2.24) is 9.55 Å². The Morgan fingerprint density at radius 3 is 2.62 bits per heavy atom. The van der Waals surface area contributed by atoms with Crippen molar-refractivity contribution in [2.45, 2.75) is 6.42 Å². The lowest BCUT2D eigenvalue weighted by Gasteiger charge is -2.08. The summed E-state index contributed by atoms with van der Waals surface area (Å²) >= 11 is 0. The van der Waals surface area contributed by atoms with Gasteiger partial charge in [0.05, 0.1) is 18.1 Å². The van der Waals surface area contributed by atoms with Gasteiger partial charge in [0, 0.05) is 25.7 Å². The summed E-state index contributed by atoms with van der Waals surface area (Å²) < 4.78 is 6.94. The van der Waals surface area contributed by atoms with E-state index in [0.717, 1.165) is 22.5 Å². The quantitative estimate of drug-likeness (QED) is 0.522. The molecule has 1 heterocycles. The number of hydrogen-bond acceptors (Lipinski definition) is 5. The van der Waals surface area contributed by atoms with Crippen molar-refractivity contribution in [2.24, 2.45) is 7.05 Å². The van der Waals surface area contributed by atoms with Crippen LogP contribution in [0.1, 0.15) is 12.2 Å². The molecular formula is C20H20N4O2. The van der Waals surface area contributed by atoms with E-state index in [-0.39, 0.29) is 11.3 Å². The van der Waals surface area contributed by atoms with Gasteiger partial charge in [-0.2, -0.15) is 5.26 Å². The number of methoxy groups -OCH3 is 1. The fourth-order valence-corrected chi connectivity index (χ4v) is 2.77. The van der Waals surface area contributed by atoms with E-state index in [1.807, 2.05) is 60.1 Å². The van der Waals surface area contributed by atoms with Crippen LogP contribution in [0, 0.1) is 11.3 Å². The Balaban J connectivity index is 1.75.